The maximum Gasteiger partial charge on any atom is 0.325 e. The zero-order valence-electron chi connectivity index (χ0n) is 14.5. The van der Waals surface area contributed by atoms with Gasteiger partial charge in [0.2, 0.25) is 5.91 Å². The van der Waals surface area contributed by atoms with Crippen molar-refractivity contribution in [3.63, 3.8) is 0 Å². The third kappa shape index (κ3) is 3.46. The number of aromatic nitrogens is 2. The van der Waals surface area contributed by atoms with Gasteiger partial charge in [-0.25, -0.2) is 14.2 Å². The van der Waals surface area contributed by atoms with Gasteiger partial charge in [-0.3, -0.25) is 9.69 Å². The Kier molecular flexibility index (Phi) is 4.45. The average Bonchev–Trinajstić information content (AvgIpc) is 3.24. The first kappa shape index (κ1) is 17.0. The zero-order chi connectivity index (χ0) is 18.8. The molecule has 27 heavy (non-hydrogen) atoms. The number of carbonyl (C=O) groups is 2. The number of anilines is 1. The first-order chi connectivity index (χ1) is 13.1. The molecule has 0 bridgehead atoms. The van der Waals surface area contributed by atoms with Gasteiger partial charge >= 0.3 is 6.03 Å². The lowest BCUT2D eigenvalue weighted by Crippen LogP contribution is -2.40. The van der Waals surface area contributed by atoms with E-state index < -0.39 is 5.82 Å². The molecule has 0 spiro atoms. The van der Waals surface area contributed by atoms with Gasteiger partial charge in [0.25, 0.3) is 0 Å². The minimum atomic E-state index is -0.456. The highest BCUT2D eigenvalue weighted by Crippen LogP contribution is 2.23. The Morgan fingerprint density at radius 3 is 2.74 bits per heavy atom. The van der Waals surface area contributed by atoms with E-state index in [0.717, 1.165) is 11.0 Å². The molecule has 2 aromatic carbocycles. The SMILES string of the molecule is O=C(CN1CCN(c2ccccc2F)C1=O)NCc1nc2ccccc2[nH]1. The van der Waals surface area contributed by atoms with Crippen LogP contribution in [-0.4, -0.2) is 46.4 Å². The smallest absolute Gasteiger partial charge is 0.325 e. The van der Waals surface area contributed by atoms with Crippen LogP contribution in [0.4, 0.5) is 14.9 Å². The fourth-order valence-corrected chi connectivity index (χ4v) is 3.12. The summed E-state index contributed by atoms with van der Waals surface area (Å²) < 4.78 is 13.9. The lowest BCUT2D eigenvalue weighted by atomic mass is 10.3. The fourth-order valence-electron chi connectivity index (χ4n) is 3.12. The molecule has 1 saturated heterocycles. The number of H-pyrrole nitrogens is 1. The second-order valence-electron chi connectivity index (χ2n) is 6.28. The number of halogens is 1. The number of rotatable bonds is 5. The van der Waals surface area contributed by atoms with Crippen molar-refractivity contribution in [3.8, 4) is 0 Å². The van der Waals surface area contributed by atoms with E-state index in [9.17, 15) is 14.0 Å². The van der Waals surface area contributed by atoms with Crippen molar-refractivity contribution < 1.29 is 14.0 Å². The number of carbonyl (C=O) groups excluding carboxylic acids is 2. The second kappa shape index (κ2) is 7.06. The van der Waals surface area contributed by atoms with Crippen LogP contribution in [0.2, 0.25) is 0 Å². The molecule has 138 valence electrons. The number of fused-ring (bicyclic) bond motifs is 1. The van der Waals surface area contributed by atoms with Gasteiger partial charge in [0.15, 0.2) is 0 Å². The molecule has 1 aromatic heterocycles. The molecule has 0 unspecified atom stereocenters. The Morgan fingerprint density at radius 1 is 1.15 bits per heavy atom. The summed E-state index contributed by atoms with van der Waals surface area (Å²) in [5.41, 5.74) is 1.96. The molecule has 0 saturated carbocycles. The van der Waals surface area contributed by atoms with Crippen LogP contribution in [-0.2, 0) is 11.3 Å². The molecule has 8 heteroatoms. The highest BCUT2D eigenvalue weighted by atomic mass is 19.1. The predicted molar refractivity (Wildman–Crippen MR) is 98.7 cm³/mol. The van der Waals surface area contributed by atoms with Crippen molar-refractivity contribution in [2.75, 3.05) is 24.5 Å². The summed E-state index contributed by atoms with van der Waals surface area (Å²) in [5.74, 6) is -0.105. The van der Waals surface area contributed by atoms with Gasteiger partial charge in [-0.15, -0.1) is 0 Å². The molecule has 1 aliphatic heterocycles. The number of hydrogen-bond acceptors (Lipinski definition) is 3. The average molecular weight is 367 g/mol. The van der Waals surface area contributed by atoms with E-state index in [1.807, 2.05) is 24.3 Å². The summed E-state index contributed by atoms with van der Waals surface area (Å²) in [5, 5.41) is 2.75. The fraction of sp³-hybridized carbons (Fsp3) is 0.211. The lowest BCUT2D eigenvalue weighted by Gasteiger charge is -2.18. The molecule has 1 fully saturated rings. The number of amides is 3. The normalized spacial score (nSPS) is 14.2. The van der Waals surface area contributed by atoms with Crippen molar-refractivity contribution in [3.05, 3.63) is 60.2 Å². The lowest BCUT2D eigenvalue weighted by molar-refractivity contribution is -0.121. The maximum atomic E-state index is 13.9. The molecular formula is C19H18FN5O2. The summed E-state index contributed by atoms with van der Waals surface area (Å²) in [6.07, 6.45) is 0. The van der Waals surface area contributed by atoms with E-state index in [1.165, 1.54) is 15.9 Å². The number of aromatic amines is 1. The van der Waals surface area contributed by atoms with Crippen LogP contribution in [0.15, 0.2) is 48.5 Å². The van der Waals surface area contributed by atoms with Crippen molar-refractivity contribution in [1.82, 2.24) is 20.2 Å². The number of nitrogens with zero attached hydrogens (tertiary/aromatic N) is 3. The van der Waals surface area contributed by atoms with Gasteiger partial charge < -0.3 is 15.2 Å². The predicted octanol–water partition coefficient (Wildman–Crippen LogP) is 2.26. The third-order valence-electron chi connectivity index (χ3n) is 4.46. The third-order valence-corrected chi connectivity index (χ3v) is 4.46. The Hall–Kier alpha value is -3.42. The number of imidazole rings is 1. The van der Waals surface area contributed by atoms with Gasteiger partial charge in [-0.05, 0) is 24.3 Å². The largest absolute Gasteiger partial charge is 0.347 e. The van der Waals surface area contributed by atoms with Gasteiger partial charge in [-0.1, -0.05) is 24.3 Å². The molecule has 4 rings (SSSR count). The molecule has 1 aliphatic rings. The van der Waals surface area contributed by atoms with Gasteiger partial charge in [-0.2, -0.15) is 0 Å². The van der Waals surface area contributed by atoms with Crippen LogP contribution >= 0.6 is 0 Å². The van der Waals surface area contributed by atoms with E-state index in [1.54, 1.807) is 18.2 Å². The van der Waals surface area contributed by atoms with E-state index in [4.69, 9.17) is 0 Å². The molecule has 7 nitrogen and oxygen atoms in total. The summed E-state index contributed by atoms with van der Waals surface area (Å²) in [7, 11) is 0. The number of hydrogen-bond donors (Lipinski definition) is 2. The quantitative estimate of drug-likeness (QED) is 0.726. The highest BCUT2D eigenvalue weighted by molar-refractivity contribution is 5.96. The number of nitrogens with one attached hydrogen (secondary N) is 2. The Morgan fingerprint density at radius 2 is 1.93 bits per heavy atom. The number of urea groups is 1. The van der Waals surface area contributed by atoms with Gasteiger partial charge in [0, 0.05) is 13.1 Å². The molecule has 2 heterocycles. The van der Waals surface area contributed by atoms with Crippen LogP contribution in [0, 0.1) is 5.82 Å². The van der Waals surface area contributed by atoms with Crippen LogP contribution in [0.3, 0.4) is 0 Å². The number of para-hydroxylation sites is 3. The minimum Gasteiger partial charge on any atom is -0.347 e. The molecule has 0 radical (unpaired) electrons. The standard InChI is InChI=1S/C19H18FN5O2/c20-13-5-1-4-8-16(13)25-10-9-24(19(25)27)12-18(26)21-11-17-22-14-6-2-3-7-15(14)23-17/h1-8H,9-12H2,(H,21,26)(H,22,23). The topological polar surface area (TPSA) is 81.3 Å². The highest BCUT2D eigenvalue weighted by Gasteiger charge is 2.32. The van der Waals surface area contributed by atoms with E-state index in [-0.39, 0.29) is 30.7 Å². The Bertz CT molecular complexity index is 969. The first-order valence-corrected chi connectivity index (χ1v) is 8.63. The van der Waals surface area contributed by atoms with Crippen LogP contribution in [0.5, 0.6) is 0 Å². The molecule has 0 aliphatic carbocycles. The molecule has 0 atom stereocenters. The monoisotopic (exact) mass is 367 g/mol. The van der Waals surface area contributed by atoms with Crippen molar-refractivity contribution in [1.29, 1.82) is 0 Å². The van der Waals surface area contributed by atoms with E-state index >= 15 is 0 Å². The van der Waals surface area contributed by atoms with Crippen LogP contribution in [0.25, 0.3) is 11.0 Å². The Labute approximate surface area is 154 Å². The second-order valence-corrected chi connectivity index (χ2v) is 6.28. The van der Waals surface area contributed by atoms with E-state index in [0.29, 0.717) is 18.9 Å². The van der Waals surface area contributed by atoms with Crippen molar-refractivity contribution >= 4 is 28.7 Å². The molecule has 2 N–H and O–H groups in total. The summed E-state index contributed by atoms with van der Waals surface area (Å²) in [6.45, 7) is 0.873. The molecule has 3 amide bonds. The van der Waals surface area contributed by atoms with Crippen molar-refractivity contribution in [2.24, 2.45) is 0 Å². The van der Waals surface area contributed by atoms with Crippen LogP contribution < -0.4 is 10.2 Å². The summed E-state index contributed by atoms with van der Waals surface area (Å²) in [4.78, 5) is 35.0. The zero-order valence-corrected chi connectivity index (χ0v) is 14.5. The Balaban J connectivity index is 1.34. The molecule has 3 aromatic rings. The molecular weight excluding hydrogens is 349 g/mol. The van der Waals surface area contributed by atoms with Gasteiger partial charge in [0.05, 0.1) is 23.3 Å². The number of benzene rings is 2. The van der Waals surface area contributed by atoms with Crippen LogP contribution in [0.1, 0.15) is 5.82 Å². The van der Waals surface area contributed by atoms with Gasteiger partial charge in [0.1, 0.15) is 18.2 Å². The minimum absolute atomic E-state index is 0.0794. The van der Waals surface area contributed by atoms with E-state index in [2.05, 4.69) is 15.3 Å². The maximum absolute atomic E-state index is 13.9. The first-order valence-electron chi connectivity index (χ1n) is 8.63. The summed E-state index contributed by atoms with van der Waals surface area (Å²) >= 11 is 0. The van der Waals surface area contributed by atoms with Crippen molar-refractivity contribution in [2.45, 2.75) is 6.54 Å². The summed E-state index contributed by atoms with van der Waals surface area (Å²) in [6, 6.07) is 13.3.